The molecule has 4 nitrogen and oxygen atoms in total. The zero-order valence-electron chi connectivity index (χ0n) is 11.7. The number of hydrogen-bond donors (Lipinski definition) is 1. The van der Waals surface area contributed by atoms with E-state index in [-0.39, 0.29) is 30.2 Å². The van der Waals surface area contributed by atoms with Gasteiger partial charge in [0.05, 0.1) is 5.92 Å². The lowest BCUT2D eigenvalue weighted by molar-refractivity contribution is -0.129. The molecule has 1 saturated heterocycles. The summed E-state index contributed by atoms with van der Waals surface area (Å²) >= 11 is 0. The first-order valence-electron chi connectivity index (χ1n) is 6.87. The Morgan fingerprint density at radius 2 is 2.30 bits per heavy atom. The van der Waals surface area contributed by atoms with Crippen LogP contribution in [0.2, 0.25) is 0 Å². The van der Waals surface area contributed by atoms with Crippen LogP contribution in [-0.4, -0.2) is 29.3 Å². The fourth-order valence-corrected chi connectivity index (χ4v) is 2.36. The van der Waals surface area contributed by atoms with Gasteiger partial charge in [-0.2, -0.15) is 0 Å². The van der Waals surface area contributed by atoms with Crippen molar-refractivity contribution in [2.75, 3.05) is 11.9 Å². The van der Waals surface area contributed by atoms with Crippen molar-refractivity contribution in [1.29, 1.82) is 0 Å². The van der Waals surface area contributed by atoms with Crippen molar-refractivity contribution in [2.24, 2.45) is 5.92 Å². The molecule has 108 valence electrons. The zero-order chi connectivity index (χ0) is 14.7. The number of rotatable bonds is 4. The maximum atomic E-state index is 13.1. The van der Waals surface area contributed by atoms with Crippen LogP contribution in [0.5, 0.6) is 0 Å². The van der Waals surface area contributed by atoms with Crippen LogP contribution in [0, 0.1) is 11.7 Å². The van der Waals surface area contributed by atoms with Gasteiger partial charge >= 0.3 is 0 Å². The van der Waals surface area contributed by atoms with Crippen LogP contribution in [0.3, 0.4) is 0 Å². The number of amides is 2. The predicted molar refractivity (Wildman–Crippen MR) is 74.6 cm³/mol. The molecule has 0 aliphatic carbocycles. The van der Waals surface area contributed by atoms with Gasteiger partial charge in [-0.15, -0.1) is 0 Å². The van der Waals surface area contributed by atoms with Crippen LogP contribution in [0.25, 0.3) is 0 Å². The van der Waals surface area contributed by atoms with Crippen molar-refractivity contribution in [3.8, 4) is 0 Å². The average Bonchev–Trinajstić information content (AvgIpc) is 2.80. The van der Waals surface area contributed by atoms with Gasteiger partial charge in [0.25, 0.3) is 0 Å². The molecule has 1 aliphatic heterocycles. The summed E-state index contributed by atoms with van der Waals surface area (Å²) in [6, 6.07) is 5.90. The molecular weight excluding hydrogens is 259 g/mol. The maximum Gasteiger partial charge on any atom is 0.229 e. The van der Waals surface area contributed by atoms with E-state index in [2.05, 4.69) is 5.32 Å². The molecule has 2 atom stereocenters. The number of nitrogens with one attached hydrogen (secondary N) is 1. The third-order valence-corrected chi connectivity index (χ3v) is 3.74. The summed E-state index contributed by atoms with van der Waals surface area (Å²) in [6.45, 7) is 4.43. The highest BCUT2D eigenvalue weighted by Gasteiger charge is 2.36. The first-order valence-corrected chi connectivity index (χ1v) is 6.87. The number of nitrogens with zero attached hydrogens (tertiary/aromatic N) is 1. The first kappa shape index (κ1) is 14.5. The molecule has 1 heterocycles. The Bertz CT molecular complexity index is 518. The van der Waals surface area contributed by atoms with E-state index in [4.69, 9.17) is 0 Å². The molecule has 1 fully saturated rings. The summed E-state index contributed by atoms with van der Waals surface area (Å²) in [5.41, 5.74) is 0.421. The van der Waals surface area contributed by atoms with Crippen molar-refractivity contribution >= 4 is 17.5 Å². The molecular formula is C15H19FN2O2. The lowest BCUT2D eigenvalue weighted by Gasteiger charge is -2.23. The van der Waals surface area contributed by atoms with E-state index < -0.39 is 5.82 Å². The molecule has 2 amide bonds. The standard InChI is InChI=1S/C15H19FN2O2/c1-3-10(2)18-9-11(7-14(18)19)15(20)17-13-6-4-5-12(16)8-13/h4-6,8,10-11H,3,7,9H2,1-2H3,(H,17,20). The highest BCUT2D eigenvalue weighted by atomic mass is 19.1. The van der Waals surface area contributed by atoms with Crippen molar-refractivity contribution in [3.05, 3.63) is 30.1 Å². The van der Waals surface area contributed by atoms with Gasteiger partial charge in [-0.25, -0.2) is 4.39 Å². The third-order valence-electron chi connectivity index (χ3n) is 3.74. The quantitative estimate of drug-likeness (QED) is 0.919. The zero-order valence-corrected chi connectivity index (χ0v) is 11.7. The highest BCUT2D eigenvalue weighted by molar-refractivity contribution is 5.97. The van der Waals surface area contributed by atoms with Gasteiger partial charge in [0, 0.05) is 24.7 Å². The molecule has 0 spiro atoms. The molecule has 1 N–H and O–H groups in total. The summed E-state index contributed by atoms with van der Waals surface area (Å²) in [5.74, 6) is -0.972. The number of likely N-dealkylation sites (tertiary alicyclic amines) is 1. The van der Waals surface area contributed by atoms with E-state index in [0.717, 1.165) is 6.42 Å². The molecule has 2 unspecified atom stereocenters. The minimum absolute atomic E-state index is 0.0127. The van der Waals surface area contributed by atoms with E-state index >= 15 is 0 Å². The summed E-state index contributed by atoms with van der Waals surface area (Å²) < 4.78 is 13.1. The fraction of sp³-hybridized carbons (Fsp3) is 0.467. The van der Waals surface area contributed by atoms with Crippen molar-refractivity contribution in [2.45, 2.75) is 32.7 Å². The lowest BCUT2D eigenvalue weighted by Crippen LogP contribution is -2.35. The molecule has 1 aromatic carbocycles. The topological polar surface area (TPSA) is 49.4 Å². The van der Waals surface area contributed by atoms with Crippen LogP contribution < -0.4 is 5.32 Å². The highest BCUT2D eigenvalue weighted by Crippen LogP contribution is 2.23. The van der Waals surface area contributed by atoms with Gasteiger partial charge in [-0.3, -0.25) is 9.59 Å². The van der Waals surface area contributed by atoms with Gasteiger partial charge < -0.3 is 10.2 Å². The maximum absolute atomic E-state index is 13.1. The molecule has 20 heavy (non-hydrogen) atoms. The number of anilines is 1. The van der Waals surface area contributed by atoms with Gasteiger partial charge in [0.15, 0.2) is 0 Å². The Hall–Kier alpha value is -1.91. The van der Waals surface area contributed by atoms with Crippen LogP contribution in [-0.2, 0) is 9.59 Å². The molecule has 0 aromatic heterocycles. The molecule has 5 heteroatoms. The van der Waals surface area contributed by atoms with E-state index in [1.807, 2.05) is 13.8 Å². The minimum atomic E-state index is -0.397. The van der Waals surface area contributed by atoms with E-state index in [9.17, 15) is 14.0 Å². The van der Waals surface area contributed by atoms with Crippen LogP contribution in [0.4, 0.5) is 10.1 Å². The molecule has 2 rings (SSSR count). The molecule has 0 bridgehead atoms. The first-order chi connectivity index (χ1) is 9.51. The largest absolute Gasteiger partial charge is 0.339 e. The number of benzene rings is 1. The Kier molecular flexibility index (Phi) is 4.37. The third kappa shape index (κ3) is 3.15. The van der Waals surface area contributed by atoms with E-state index in [1.165, 1.54) is 18.2 Å². The smallest absolute Gasteiger partial charge is 0.229 e. The Morgan fingerprint density at radius 3 is 2.95 bits per heavy atom. The Morgan fingerprint density at radius 1 is 1.55 bits per heavy atom. The number of carbonyl (C=O) groups excluding carboxylic acids is 2. The van der Waals surface area contributed by atoms with Crippen LogP contribution in [0.15, 0.2) is 24.3 Å². The Balaban J connectivity index is 1.99. The molecule has 0 saturated carbocycles. The van der Waals surface area contributed by atoms with Gasteiger partial charge in [-0.1, -0.05) is 13.0 Å². The van der Waals surface area contributed by atoms with E-state index in [1.54, 1.807) is 11.0 Å². The summed E-state index contributed by atoms with van der Waals surface area (Å²) in [6.07, 6.45) is 1.09. The Labute approximate surface area is 118 Å². The molecule has 1 aliphatic rings. The van der Waals surface area contributed by atoms with Gasteiger partial charge in [-0.05, 0) is 31.5 Å². The van der Waals surface area contributed by atoms with E-state index in [0.29, 0.717) is 12.2 Å². The SMILES string of the molecule is CCC(C)N1CC(C(=O)Nc2cccc(F)c2)CC1=O. The van der Waals surface area contributed by atoms with Crippen molar-refractivity contribution < 1.29 is 14.0 Å². The van der Waals surface area contributed by atoms with Crippen LogP contribution >= 0.6 is 0 Å². The second kappa shape index (κ2) is 6.03. The lowest BCUT2D eigenvalue weighted by atomic mass is 10.1. The molecule has 1 aromatic rings. The number of hydrogen-bond acceptors (Lipinski definition) is 2. The predicted octanol–water partition coefficient (Wildman–Crippen LogP) is 2.41. The van der Waals surface area contributed by atoms with Crippen molar-refractivity contribution in [3.63, 3.8) is 0 Å². The van der Waals surface area contributed by atoms with Gasteiger partial charge in [0.1, 0.15) is 5.82 Å². The summed E-state index contributed by atoms with van der Waals surface area (Å²) in [5, 5.41) is 2.66. The molecule has 0 radical (unpaired) electrons. The minimum Gasteiger partial charge on any atom is -0.339 e. The number of halogens is 1. The van der Waals surface area contributed by atoms with Gasteiger partial charge in [0.2, 0.25) is 11.8 Å². The normalized spacial score (nSPS) is 20.1. The second-order valence-electron chi connectivity index (χ2n) is 5.20. The monoisotopic (exact) mass is 278 g/mol. The fourth-order valence-electron chi connectivity index (χ4n) is 2.36. The number of carbonyl (C=O) groups is 2. The van der Waals surface area contributed by atoms with Crippen molar-refractivity contribution in [1.82, 2.24) is 4.90 Å². The summed E-state index contributed by atoms with van der Waals surface area (Å²) in [4.78, 5) is 25.7. The summed E-state index contributed by atoms with van der Waals surface area (Å²) in [7, 11) is 0. The average molecular weight is 278 g/mol. The van der Waals surface area contributed by atoms with Crippen LogP contribution in [0.1, 0.15) is 26.7 Å². The second-order valence-corrected chi connectivity index (χ2v) is 5.20.